The number of aromatic nitrogens is 6. The van der Waals surface area contributed by atoms with Gasteiger partial charge in [0.05, 0.1) is 36.8 Å². The predicted molar refractivity (Wildman–Crippen MR) is 147 cm³/mol. The summed E-state index contributed by atoms with van der Waals surface area (Å²) in [7, 11) is 1.33. The minimum atomic E-state index is -0.491. The van der Waals surface area contributed by atoms with Gasteiger partial charge in [-0.05, 0) is 44.8 Å². The molecule has 6 rings (SSSR count). The number of hydrogen-bond donors (Lipinski definition) is 1. The number of carbonyl (C=O) groups excluding carboxylic acids is 1. The largest absolute Gasteiger partial charge is 0.465 e. The van der Waals surface area contributed by atoms with E-state index in [1.54, 1.807) is 27.4 Å². The highest BCUT2D eigenvalue weighted by Gasteiger charge is 2.18. The first-order valence-electron chi connectivity index (χ1n) is 12.4. The lowest BCUT2D eigenvalue weighted by atomic mass is 9.98. The number of carbonyl (C=O) groups is 1. The monoisotopic (exact) mass is 516 g/mol. The lowest BCUT2D eigenvalue weighted by Gasteiger charge is -2.11. The van der Waals surface area contributed by atoms with E-state index in [9.17, 15) is 9.59 Å². The van der Waals surface area contributed by atoms with E-state index in [1.165, 1.54) is 7.11 Å². The van der Waals surface area contributed by atoms with E-state index in [2.05, 4.69) is 20.5 Å². The number of esters is 1. The molecule has 0 fully saturated rings. The van der Waals surface area contributed by atoms with Gasteiger partial charge in [0.1, 0.15) is 0 Å². The van der Waals surface area contributed by atoms with Crippen LogP contribution in [0.25, 0.3) is 33.5 Å². The van der Waals surface area contributed by atoms with Crippen LogP contribution in [0.15, 0.2) is 102 Å². The van der Waals surface area contributed by atoms with Gasteiger partial charge in [-0.25, -0.2) is 14.3 Å². The normalized spacial score (nSPS) is 11.1. The number of H-pyrrole nitrogens is 1. The second-order valence-corrected chi connectivity index (χ2v) is 9.10. The zero-order valence-electron chi connectivity index (χ0n) is 21.1. The third-order valence-electron chi connectivity index (χ3n) is 6.68. The van der Waals surface area contributed by atoms with Crippen LogP contribution in [0.2, 0.25) is 0 Å². The van der Waals surface area contributed by atoms with Gasteiger partial charge in [0, 0.05) is 5.56 Å². The summed E-state index contributed by atoms with van der Waals surface area (Å²) >= 11 is 0. The van der Waals surface area contributed by atoms with Crippen LogP contribution in [0, 0.1) is 0 Å². The van der Waals surface area contributed by atoms with Gasteiger partial charge in [0.2, 0.25) is 0 Å². The van der Waals surface area contributed by atoms with Crippen molar-refractivity contribution in [1.29, 1.82) is 0 Å². The SMILES string of the molecule is COC(=O)c1cccc2[nH]c(=O)n(Cc3ccc(-c4ccccc4-c4nnnn4Cc4ccccc4)cc3)c12. The predicted octanol–water partition coefficient (Wildman–Crippen LogP) is 4.53. The van der Waals surface area contributed by atoms with E-state index >= 15 is 0 Å². The third-order valence-corrected chi connectivity index (χ3v) is 6.68. The molecule has 2 aromatic heterocycles. The third kappa shape index (κ3) is 4.61. The summed E-state index contributed by atoms with van der Waals surface area (Å²) in [5, 5.41) is 12.5. The van der Waals surface area contributed by atoms with Crippen molar-refractivity contribution in [2.75, 3.05) is 7.11 Å². The van der Waals surface area contributed by atoms with Gasteiger partial charge in [-0.15, -0.1) is 5.10 Å². The number of hydrogen-bond acceptors (Lipinski definition) is 6. The second-order valence-electron chi connectivity index (χ2n) is 9.10. The summed E-state index contributed by atoms with van der Waals surface area (Å²) in [4.78, 5) is 27.9. The fourth-order valence-corrected chi connectivity index (χ4v) is 4.81. The molecule has 4 aromatic carbocycles. The number of para-hydroxylation sites is 1. The van der Waals surface area contributed by atoms with Crippen LogP contribution in [0.5, 0.6) is 0 Å². The number of nitrogens with zero attached hydrogens (tertiary/aromatic N) is 5. The van der Waals surface area contributed by atoms with Gasteiger partial charge < -0.3 is 9.72 Å². The number of fused-ring (bicyclic) bond motifs is 1. The van der Waals surface area contributed by atoms with E-state index in [0.717, 1.165) is 27.8 Å². The van der Waals surface area contributed by atoms with Crippen LogP contribution in [0.4, 0.5) is 0 Å². The summed E-state index contributed by atoms with van der Waals surface area (Å²) < 4.78 is 8.28. The lowest BCUT2D eigenvalue weighted by Crippen LogP contribution is -2.18. The van der Waals surface area contributed by atoms with E-state index in [-0.39, 0.29) is 5.69 Å². The minimum absolute atomic E-state index is 0.291. The average molecular weight is 517 g/mol. The lowest BCUT2D eigenvalue weighted by molar-refractivity contribution is 0.0602. The molecule has 0 spiro atoms. The molecule has 0 aliphatic heterocycles. The molecule has 0 bridgehead atoms. The summed E-state index contributed by atoms with van der Waals surface area (Å²) in [6, 6.07) is 31.2. The van der Waals surface area contributed by atoms with Gasteiger partial charge in [-0.3, -0.25) is 4.57 Å². The van der Waals surface area contributed by atoms with Crippen LogP contribution in [0.3, 0.4) is 0 Å². The zero-order chi connectivity index (χ0) is 26.8. The second kappa shape index (κ2) is 10.2. The average Bonchev–Trinajstić information content (AvgIpc) is 3.57. The van der Waals surface area contributed by atoms with Crippen molar-refractivity contribution in [3.05, 3.63) is 124 Å². The molecule has 0 unspecified atom stereocenters. The number of imidazole rings is 1. The van der Waals surface area contributed by atoms with Crippen LogP contribution >= 0.6 is 0 Å². The van der Waals surface area contributed by atoms with Crippen molar-refractivity contribution in [1.82, 2.24) is 29.8 Å². The van der Waals surface area contributed by atoms with Crippen LogP contribution in [-0.4, -0.2) is 42.8 Å². The summed E-state index contributed by atoms with van der Waals surface area (Å²) in [5.41, 5.74) is 6.07. The number of rotatable bonds is 7. The van der Waals surface area contributed by atoms with Crippen molar-refractivity contribution in [3.63, 3.8) is 0 Å². The standard InChI is InChI=1S/C30H24N6O3/c1-39-29(37)25-12-7-13-26-27(25)35(30(38)31-26)18-21-14-16-22(17-15-21)23-10-5-6-11-24(23)28-32-33-34-36(28)19-20-8-3-2-4-9-20/h2-17H,18-19H2,1H3,(H,31,38). The Morgan fingerprint density at radius 3 is 2.31 bits per heavy atom. The smallest absolute Gasteiger partial charge is 0.340 e. The van der Waals surface area contributed by atoms with Gasteiger partial charge in [-0.1, -0.05) is 84.9 Å². The van der Waals surface area contributed by atoms with Gasteiger partial charge in [0.25, 0.3) is 0 Å². The molecule has 192 valence electrons. The molecule has 0 aliphatic carbocycles. The quantitative estimate of drug-likeness (QED) is 0.312. The Morgan fingerprint density at radius 2 is 1.54 bits per heavy atom. The number of benzene rings is 4. The van der Waals surface area contributed by atoms with E-state index < -0.39 is 5.97 Å². The number of nitrogens with one attached hydrogen (secondary N) is 1. The van der Waals surface area contributed by atoms with E-state index in [0.29, 0.717) is 35.5 Å². The van der Waals surface area contributed by atoms with Crippen molar-refractivity contribution in [3.8, 4) is 22.5 Å². The van der Waals surface area contributed by atoms with Gasteiger partial charge in [0.15, 0.2) is 5.82 Å². The van der Waals surface area contributed by atoms with Crippen LogP contribution < -0.4 is 5.69 Å². The number of tetrazole rings is 1. The van der Waals surface area contributed by atoms with Gasteiger partial charge in [-0.2, -0.15) is 0 Å². The Bertz CT molecular complexity index is 1830. The minimum Gasteiger partial charge on any atom is -0.465 e. The highest BCUT2D eigenvalue weighted by atomic mass is 16.5. The molecule has 9 heteroatoms. The first kappa shape index (κ1) is 24.1. The van der Waals surface area contributed by atoms with E-state index in [1.807, 2.05) is 78.9 Å². The number of methoxy groups -OCH3 is 1. The highest BCUT2D eigenvalue weighted by Crippen LogP contribution is 2.31. The number of ether oxygens (including phenoxy) is 1. The molecule has 0 saturated heterocycles. The van der Waals surface area contributed by atoms with Crippen molar-refractivity contribution < 1.29 is 9.53 Å². The molecule has 2 heterocycles. The molecule has 1 N–H and O–H groups in total. The topological polar surface area (TPSA) is 108 Å². The van der Waals surface area contributed by atoms with E-state index in [4.69, 9.17) is 4.74 Å². The van der Waals surface area contributed by atoms with Crippen LogP contribution in [0.1, 0.15) is 21.5 Å². The highest BCUT2D eigenvalue weighted by molar-refractivity contribution is 6.02. The molecular weight excluding hydrogens is 492 g/mol. The maximum Gasteiger partial charge on any atom is 0.340 e. The summed E-state index contributed by atoms with van der Waals surface area (Å²) in [6.45, 7) is 0.855. The number of aromatic amines is 1. The maximum atomic E-state index is 12.8. The Labute approximate surface area is 223 Å². The summed E-state index contributed by atoms with van der Waals surface area (Å²) in [5.74, 6) is 0.189. The Balaban J connectivity index is 1.32. The molecule has 0 amide bonds. The fourth-order valence-electron chi connectivity index (χ4n) is 4.81. The molecule has 39 heavy (non-hydrogen) atoms. The molecule has 0 saturated carbocycles. The Hall–Kier alpha value is -5.31. The fraction of sp³-hybridized carbons (Fsp3) is 0.100. The summed E-state index contributed by atoms with van der Waals surface area (Å²) in [6.07, 6.45) is 0. The van der Waals surface area contributed by atoms with Crippen LogP contribution in [-0.2, 0) is 17.8 Å². The maximum absolute atomic E-state index is 12.8. The van der Waals surface area contributed by atoms with Crippen molar-refractivity contribution >= 4 is 17.0 Å². The molecule has 0 radical (unpaired) electrons. The molecule has 0 aliphatic rings. The molecule has 6 aromatic rings. The first-order valence-corrected chi connectivity index (χ1v) is 12.4. The van der Waals surface area contributed by atoms with Crippen molar-refractivity contribution in [2.24, 2.45) is 0 Å². The van der Waals surface area contributed by atoms with Gasteiger partial charge >= 0.3 is 11.7 Å². The molecular formula is C30H24N6O3. The Kier molecular flexibility index (Phi) is 6.30. The molecule has 0 atom stereocenters. The first-order chi connectivity index (χ1) is 19.1. The molecule has 9 nitrogen and oxygen atoms in total. The Morgan fingerprint density at radius 1 is 0.821 bits per heavy atom. The zero-order valence-corrected chi connectivity index (χ0v) is 21.1. The van der Waals surface area contributed by atoms with Crippen molar-refractivity contribution in [2.45, 2.75) is 13.1 Å².